The SMILES string of the molecule is Cc1ccccc1COC(=O)[C@H](C)NP(=O)(Oc1ccc(Cl)cc1)OC1O[C@@H](n2cnc3c(N(C)NS(C)(=O)=O)ncnc32)[C@](C)(O)C1O. The lowest BCUT2D eigenvalue weighted by Crippen LogP contribution is -2.44. The van der Waals surface area contributed by atoms with Gasteiger partial charge in [0.05, 0.1) is 12.6 Å². The standard InChI is InChI=1S/C29H35ClN7O10PS/c1-17-8-6-7-9-19(17)14-44-26(39)18(2)34-48(41,46-21-12-10-20(30)11-13-21)47-27-23(38)29(3,40)28(45-27)37-16-33-22-24(31-15-32-25(22)37)36(4)35-49(5,42)43/h6-13,15-16,18,23,27-28,35,38,40H,14H2,1-5H3,(H,34,41)/t18-,23?,27?,28+,29+,48?/m0/s1. The molecule has 1 aliphatic rings. The molecule has 0 saturated carbocycles. The van der Waals surface area contributed by atoms with Crippen LogP contribution in [0.1, 0.15) is 31.2 Å². The van der Waals surface area contributed by atoms with Crippen LogP contribution in [0.2, 0.25) is 5.02 Å². The molecule has 3 heterocycles. The van der Waals surface area contributed by atoms with Gasteiger partial charge in [-0.1, -0.05) is 35.9 Å². The van der Waals surface area contributed by atoms with Crippen molar-refractivity contribution >= 4 is 52.3 Å². The van der Waals surface area contributed by atoms with Crippen LogP contribution in [-0.4, -0.2) is 81.5 Å². The van der Waals surface area contributed by atoms with E-state index in [2.05, 4.69) is 24.9 Å². The molecule has 20 heteroatoms. The third-order valence-corrected chi connectivity index (χ3v) is 9.95. The number of hydrogen-bond donors (Lipinski definition) is 4. The third kappa shape index (κ3) is 8.37. The van der Waals surface area contributed by atoms with E-state index in [1.807, 2.05) is 25.1 Å². The van der Waals surface area contributed by atoms with Crippen LogP contribution >= 0.6 is 19.3 Å². The summed E-state index contributed by atoms with van der Waals surface area (Å²) in [7, 11) is -6.88. The van der Waals surface area contributed by atoms with Gasteiger partial charge in [-0.25, -0.2) is 27.9 Å². The summed E-state index contributed by atoms with van der Waals surface area (Å²) in [5, 5.41) is 26.7. The molecule has 2 aromatic carbocycles. The summed E-state index contributed by atoms with van der Waals surface area (Å²) < 4.78 is 61.9. The number of rotatable bonds is 13. The number of nitrogens with zero attached hydrogens (tertiary/aromatic N) is 5. The Morgan fingerprint density at radius 2 is 1.90 bits per heavy atom. The number of aliphatic hydroxyl groups is 2. The molecule has 1 aliphatic heterocycles. The number of anilines is 1. The normalized spacial score (nSPS) is 22.8. The van der Waals surface area contributed by atoms with Gasteiger partial charge in [0.2, 0.25) is 16.3 Å². The number of carbonyl (C=O) groups excluding carboxylic acids is 1. The molecule has 17 nitrogen and oxygen atoms in total. The maximum Gasteiger partial charge on any atom is 0.461 e. The first-order chi connectivity index (χ1) is 23.0. The van der Waals surface area contributed by atoms with Gasteiger partial charge in [0, 0.05) is 12.1 Å². The molecule has 0 radical (unpaired) electrons. The van der Waals surface area contributed by atoms with E-state index in [1.165, 1.54) is 56.1 Å². The molecule has 0 aliphatic carbocycles. The fourth-order valence-electron chi connectivity index (χ4n) is 4.92. The van der Waals surface area contributed by atoms with Gasteiger partial charge in [0.25, 0.3) is 0 Å². The van der Waals surface area contributed by atoms with E-state index in [9.17, 15) is 28.0 Å². The first-order valence-electron chi connectivity index (χ1n) is 14.6. The molecular formula is C29H35ClN7O10PS. The Morgan fingerprint density at radius 3 is 2.57 bits per heavy atom. The molecule has 1 fully saturated rings. The summed E-state index contributed by atoms with van der Waals surface area (Å²) in [5.41, 5.74) is -0.206. The second kappa shape index (κ2) is 14.3. The molecule has 264 valence electrons. The summed E-state index contributed by atoms with van der Waals surface area (Å²) in [5.74, 6) is -0.665. The van der Waals surface area contributed by atoms with Gasteiger partial charge in [-0.15, -0.1) is 4.83 Å². The maximum atomic E-state index is 14.3. The molecule has 5 rings (SSSR count). The van der Waals surface area contributed by atoms with Crippen LogP contribution in [0.15, 0.2) is 61.2 Å². The van der Waals surface area contributed by atoms with Gasteiger partial charge >= 0.3 is 13.7 Å². The van der Waals surface area contributed by atoms with E-state index in [1.54, 1.807) is 6.07 Å². The van der Waals surface area contributed by atoms with E-state index in [-0.39, 0.29) is 29.3 Å². The summed E-state index contributed by atoms with van der Waals surface area (Å²) in [6.45, 7) is 4.47. The Balaban J connectivity index is 1.39. The van der Waals surface area contributed by atoms with Gasteiger partial charge in [-0.3, -0.25) is 18.9 Å². The number of hydrogen-bond acceptors (Lipinski definition) is 14. The van der Waals surface area contributed by atoms with Gasteiger partial charge in [-0.05, 0) is 56.2 Å². The fourth-order valence-corrected chi connectivity index (χ4v) is 7.21. The molecule has 4 N–H and O–H groups in total. The van der Waals surface area contributed by atoms with Crippen molar-refractivity contribution in [2.75, 3.05) is 18.3 Å². The number of sulfonamides is 1. The van der Waals surface area contributed by atoms with Crippen molar-refractivity contribution in [3.05, 3.63) is 77.3 Å². The van der Waals surface area contributed by atoms with Crippen LogP contribution in [0.4, 0.5) is 5.82 Å². The maximum absolute atomic E-state index is 14.3. The predicted molar refractivity (Wildman–Crippen MR) is 177 cm³/mol. The van der Waals surface area contributed by atoms with Crippen molar-refractivity contribution in [3.63, 3.8) is 0 Å². The number of aromatic nitrogens is 4. The van der Waals surface area contributed by atoms with Gasteiger partial charge in [-0.2, -0.15) is 5.09 Å². The zero-order chi connectivity index (χ0) is 35.7. The molecule has 1 saturated heterocycles. The second-order valence-electron chi connectivity index (χ2n) is 11.5. The van der Waals surface area contributed by atoms with E-state index in [0.717, 1.165) is 28.7 Å². The van der Waals surface area contributed by atoms with Crippen LogP contribution in [0.3, 0.4) is 0 Å². The number of carbonyl (C=O) groups is 1. The van der Waals surface area contributed by atoms with Crippen molar-refractivity contribution < 1.29 is 46.5 Å². The number of ether oxygens (including phenoxy) is 2. The third-order valence-electron chi connectivity index (χ3n) is 7.45. The Hall–Kier alpha value is -3.71. The quantitative estimate of drug-likeness (QED) is 0.0881. The smallest absolute Gasteiger partial charge is 0.460 e. The molecule has 2 aromatic heterocycles. The number of aryl methyl sites for hydroxylation is 1. The second-order valence-corrected chi connectivity index (χ2v) is 15.3. The first-order valence-corrected chi connectivity index (χ1v) is 18.5. The van der Waals surface area contributed by atoms with Crippen molar-refractivity contribution in [3.8, 4) is 5.75 Å². The van der Waals surface area contributed by atoms with Crippen LogP contribution in [0, 0.1) is 6.92 Å². The van der Waals surface area contributed by atoms with Crippen LogP contribution < -0.4 is 19.5 Å². The lowest BCUT2D eigenvalue weighted by atomic mass is 9.99. The monoisotopic (exact) mass is 739 g/mol. The predicted octanol–water partition coefficient (Wildman–Crippen LogP) is 2.58. The lowest BCUT2D eigenvalue weighted by Gasteiger charge is -2.27. The van der Waals surface area contributed by atoms with Gasteiger partial charge < -0.3 is 24.2 Å². The Labute approximate surface area is 286 Å². The topological polar surface area (TPSA) is 217 Å². The number of fused-ring (bicyclic) bond motifs is 1. The minimum atomic E-state index is -4.62. The molecule has 0 bridgehead atoms. The molecule has 0 spiro atoms. The Kier molecular flexibility index (Phi) is 10.6. The Bertz CT molecular complexity index is 1980. The minimum Gasteiger partial charge on any atom is -0.460 e. The van der Waals surface area contributed by atoms with Crippen molar-refractivity contribution in [1.82, 2.24) is 29.4 Å². The number of imidazole rings is 1. The zero-order valence-corrected chi connectivity index (χ0v) is 29.4. The molecule has 0 amide bonds. The van der Waals surface area contributed by atoms with Crippen molar-refractivity contribution in [2.24, 2.45) is 0 Å². The average molecular weight is 740 g/mol. The number of aliphatic hydroxyl groups excluding tert-OH is 1. The fraction of sp³-hybridized carbons (Fsp3) is 0.379. The number of esters is 1. The largest absolute Gasteiger partial charge is 0.461 e. The minimum absolute atomic E-state index is 0.0353. The Morgan fingerprint density at radius 1 is 1.20 bits per heavy atom. The summed E-state index contributed by atoms with van der Waals surface area (Å²) in [4.78, 5) is 27.8. The van der Waals surface area contributed by atoms with Crippen LogP contribution in [-0.2, 0) is 40.0 Å². The molecule has 49 heavy (non-hydrogen) atoms. The van der Waals surface area contributed by atoms with E-state index >= 15 is 0 Å². The van der Waals surface area contributed by atoms with Gasteiger partial charge in [0.1, 0.15) is 36.4 Å². The number of halogens is 1. The number of nitrogens with one attached hydrogen (secondary N) is 2. The van der Waals surface area contributed by atoms with E-state index in [0.29, 0.717) is 5.02 Å². The molecule has 3 unspecified atom stereocenters. The summed E-state index contributed by atoms with van der Waals surface area (Å²) in [6.07, 6.45) is -1.73. The lowest BCUT2D eigenvalue weighted by molar-refractivity contribution is -0.147. The highest BCUT2D eigenvalue weighted by Gasteiger charge is 2.56. The zero-order valence-electron chi connectivity index (χ0n) is 26.9. The molecule has 6 atom stereocenters. The average Bonchev–Trinajstić information content (AvgIpc) is 3.54. The van der Waals surface area contributed by atoms with E-state index < -0.39 is 54.0 Å². The number of hydrazine groups is 1. The van der Waals surface area contributed by atoms with Gasteiger partial charge in [0.15, 0.2) is 23.2 Å². The number of benzene rings is 2. The van der Waals surface area contributed by atoms with Crippen LogP contribution in [0.25, 0.3) is 11.2 Å². The molecular weight excluding hydrogens is 705 g/mol. The van der Waals surface area contributed by atoms with Crippen LogP contribution in [0.5, 0.6) is 5.75 Å². The van der Waals surface area contributed by atoms with Crippen molar-refractivity contribution in [2.45, 2.75) is 57.6 Å². The summed E-state index contributed by atoms with van der Waals surface area (Å²) in [6, 6.07) is 11.9. The first kappa shape index (κ1) is 36.6. The highest BCUT2D eigenvalue weighted by atomic mass is 35.5. The summed E-state index contributed by atoms with van der Waals surface area (Å²) >= 11 is 5.99. The van der Waals surface area contributed by atoms with E-state index in [4.69, 9.17) is 30.1 Å². The highest BCUT2D eigenvalue weighted by Crippen LogP contribution is 2.51. The van der Waals surface area contributed by atoms with Crippen molar-refractivity contribution in [1.29, 1.82) is 0 Å². The molecule has 4 aromatic rings. The highest BCUT2D eigenvalue weighted by molar-refractivity contribution is 7.88.